The highest BCUT2D eigenvalue weighted by molar-refractivity contribution is 5.74. The molecular formula is C19H31N3O2. The van der Waals surface area contributed by atoms with Crippen LogP contribution in [0.4, 0.5) is 4.79 Å². The molecule has 2 atom stereocenters. The van der Waals surface area contributed by atoms with Crippen LogP contribution in [0.3, 0.4) is 0 Å². The maximum Gasteiger partial charge on any atom is 0.317 e. The van der Waals surface area contributed by atoms with Crippen LogP contribution in [0, 0.1) is 5.92 Å². The lowest BCUT2D eigenvalue weighted by Crippen LogP contribution is -2.49. The standard InChI is InChI=1S/C19H31N3O2/c1-4-21(5-2)13-17-9-7-6-8-16(17)12-20-19(24)22-11-10-15(3)18(23)14-22/h6-9,15,18,23H,4-5,10-14H2,1-3H3,(H,20,24). The first-order valence-corrected chi connectivity index (χ1v) is 9.05. The second-order valence-corrected chi connectivity index (χ2v) is 6.67. The van der Waals surface area contributed by atoms with E-state index in [0.29, 0.717) is 19.6 Å². The van der Waals surface area contributed by atoms with Crippen LogP contribution in [0.25, 0.3) is 0 Å². The number of amides is 2. The number of nitrogens with zero attached hydrogens (tertiary/aromatic N) is 2. The Morgan fingerprint density at radius 3 is 2.58 bits per heavy atom. The zero-order chi connectivity index (χ0) is 17.5. The first-order valence-electron chi connectivity index (χ1n) is 9.05. The van der Waals surface area contributed by atoms with E-state index in [0.717, 1.165) is 31.6 Å². The molecule has 134 valence electrons. The van der Waals surface area contributed by atoms with Crippen LogP contribution < -0.4 is 5.32 Å². The maximum atomic E-state index is 12.4. The lowest BCUT2D eigenvalue weighted by molar-refractivity contribution is 0.0435. The predicted molar refractivity (Wildman–Crippen MR) is 96.7 cm³/mol. The third-order valence-corrected chi connectivity index (χ3v) is 5.04. The number of aliphatic hydroxyl groups is 1. The number of aliphatic hydroxyl groups excluding tert-OH is 1. The minimum atomic E-state index is -0.417. The Morgan fingerprint density at radius 1 is 1.29 bits per heavy atom. The summed E-state index contributed by atoms with van der Waals surface area (Å²) >= 11 is 0. The molecule has 5 nitrogen and oxygen atoms in total. The summed E-state index contributed by atoms with van der Waals surface area (Å²) in [7, 11) is 0. The van der Waals surface area contributed by atoms with Crippen molar-refractivity contribution in [1.29, 1.82) is 0 Å². The first kappa shape index (κ1) is 18.7. The quantitative estimate of drug-likeness (QED) is 0.841. The van der Waals surface area contributed by atoms with E-state index >= 15 is 0 Å². The van der Waals surface area contributed by atoms with Crippen LogP contribution in [-0.4, -0.2) is 53.2 Å². The van der Waals surface area contributed by atoms with Crippen molar-refractivity contribution < 1.29 is 9.90 Å². The van der Waals surface area contributed by atoms with Crippen molar-refractivity contribution in [1.82, 2.24) is 15.1 Å². The molecule has 2 N–H and O–H groups in total. The summed E-state index contributed by atoms with van der Waals surface area (Å²) in [6.45, 7) is 11.0. The summed E-state index contributed by atoms with van der Waals surface area (Å²) in [5.41, 5.74) is 2.41. The third kappa shape index (κ3) is 4.95. The average molecular weight is 333 g/mol. The lowest BCUT2D eigenvalue weighted by Gasteiger charge is -2.34. The molecular weight excluding hydrogens is 302 g/mol. The molecule has 1 fully saturated rings. The summed E-state index contributed by atoms with van der Waals surface area (Å²) < 4.78 is 0. The minimum absolute atomic E-state index is 0.0846. The number of likely N-dealkylation sites (tertiary alicyclic amines) is 1. The SMILES string of the molecule is CCN(CC)Cc1ccccc1CNC(=O)N1CCC(C)C(O)C1. The van der Waals surface area contributed by atoms with Crippen molar-refractivity contribution in [3.8, 4) is 0 Å². The van der Waals surface area contributed by atoms with E-state index in [9.17, 15) is 9.90 Å². The number of hydrogen-bond acceptors (Lipinski definition) is 3. The zero-order valence-electron chi connectivity index (χ0n) is 15.2. The van der Waals surface area contributed by atoms with Gasteiger partial charge in [0.25, 0.3) is 0 Å². The molecule has 1 aliphatic rings. The molecule has 0 aromatic heterocycles. The first-order chi connectivity index (χ1) is 11.5. The van der Waals surface area contributed by atoms with Crippen LogP contribution in [0.2, 0.25) is 0 Å². The van der Waals surface area contributed by atoms with Gasteiger partial charge in [0.1, 0.15) is 0 Å². The zero-order valence-corrected chi connectivity index (χ0v) is 15.2. The minimum Gasteiger partial charge on any atom is -0.391 e. The van der Waals surface area contributed by atoms with Gasteiger partial charge >= 0.3 is 6.03 Å². The Bertz CT molecular complexity index is 531. The molecule has 2 unspecified atom stereocenters. The van der Waals surface area contributed by atoms with Gasteiger partial charge in [0.05, 0.1) is 6.10 Å². The van der Waals surface area contributed by atoms with Crippen LogP contribution in [0.15, 0.2) is 24.3 Å². The molecule has 5 heteroatoms. The molecule has 0 saturated carbocycles. The number of nitrogens with one attached hydrogen (secondary N) is 1. The highest BCUT2D eigenvalue weighted by Crippen LogP contribution is 2.17. The molecule has 1 saturated heterocycles. The monoisotopic (exact) mass is 333 g/mol. The Kier molecular flexibility index (Phi) is 7.06. The van der Waals surface area contributed by atoms with Crippen LogP contribution in [0.1, 0.15) is 38.3 Å². The number of β-amino-alcohol motifs (C(OH)–C–C–N with tert-alkyl or cyclic N) is 1. The van der Waals surface area contributed by atoms with E-state index in [-0.39, 0.29) is 11.9 Å². The molecule has 2 rings (SSSR count). The van der Waals surface area contributed by atoms with Crippen LogP contribution in [0.5, 0.6) is 0 Å². The Morgan fingerprint density at radius 2 is 1.96 bits per heavy atom. The molecule has 0 aliphatic carbocycles. The van der Waals surface area contributed by atoms with Crippen LogP contribution in [-0.2, 0) is 13.1 Å². The van der Waals surface area contributed by atoms with Gasteiger partial charge in [-0.3, -0.25) is 4.90 Å². The fourth-order valence-electron chi connectivity index (χ4n) is 3.09. The normalized spacial score (nSPS) is 21.1. The third-order valence-electron chi connectivity index (χ3n) is 5.04. The summed E-state index contributed by atoms with van der Waals surface area (Å²) in [4.78, 5) is 16.4. The van der Waals surface area contributed by atoms with Crippen molar-refractivity contribution in [2.75, 3.05) is 26.2 Å². The highest BCUT2D eigenvalue weighted by Gasteiger charge is 2.27. The predicted octanol–water partition coefficient (Wildman–Crippen LogP) is 2.44. The molecule has 24 heavy (non-hydrogen) atoms. The molecule has 1 aromatic carbocycles. The number of carbonyl (C=O) groups excluding carboxylic acids is 1. The molecule has 1 heterocycles. The number of piperidine rings is 1. The van der Waals surface area contributed by atoms with E-state index in [2.05, 4.69) is 36.2 Å². The summed E-state index contributed by atoms with van der Waals surface area (Å²) in [6, 6.07) is 8.18. The van der Waals surface area contributed by atoms with Crippen molar-refractivity contribution >= 4 is 6.03 Å². The van der Waals surface area contributed by atoms with Gasteiger partial charge in [-0.1, -0.05) is 45.0 Å². The van der Waals surface area contributed by atoms with Crippen LogP contribution >= 0.6 is 0 Å². The van der Waals surface area contributed by atoms with Gasteiger partial charge in [-0.25, -0.2) is 4.79 Å². The molecule has 0 radical (unpaired) electrons. The molecule has 1 aliphatic heterocycles. The van der Waals surface area contributed by atoms with E-state index in [1.807, 2.05) is 19.1 Å². The largest absolute Gasteiger partial charge is 0.391 e. The second-order valence-electron chi connectivity index (χ2n) is 6.67. The lowest BCUT2D eigenvalue weighted by atomic mass is 9.96. The van der Waals surface area contributed by atoms with E-state index in [1.165, 1.54) is 5.56 Å². The van der Waals surface area contributed by atoms with Gasteiger partial charge < -0.3 is 15.3 Å². The highest BCUT2D eigenvalue weighted by atomic mass is 16.3. The number of benzene rings is 1. The van der Waals surface area contributed by atoms with E-state index < -0.39 is 6.10 Å². The Balaban J connectivity index is 1.93. The van der Waals surface area contributed by atoms with Crippen molar-refractivity contribution in [2.24, 2.45) is 5.92 Å². The fourth-order valence-corrected chi connectivity index (χ4v) is 3.09. The fraction of sp³-hybridized carbons (Fsp3) is 0.632. The van der Waals surface area contributed by atoms with E-state index in [4.69, 9.17) is 0 Å². The smallest absolute Gasteiger partial charge is 0.317 e. The molecule has 0 spiro atoms. The Labute approximate surface area is 145 Å². The van der Waals surface area contributed by atoms with Gasteiger partial charge in [0, 0.05) is 26.2 Å². The van der Waals surface area contributed by atoms with Gasteiger partial charge in [-0.2, -0.15) is 0 Å². The van der Waals surface area contributed by atoms with Crippen molar-refractivity contribution in [2.45, 2.75) is 46.4 Å². The summed E-state index contributed by atoms with van der Waals surface area (Å²) in [5, 5.41) is 13.0. The second kappa shape index (κ2) is 9.04. The topological polar surface area (TPSA) is 55.8 Å². The maximum absolute atomic E-state index is 12.4. The van der Waals surface area contributed by atoms with Crippen molar-refractivity contribution in [3.05, 3.63) is 35.4 Å². The summed E-state index contributed by atoms with van der Waals surface area (Å²) in [6.07, 6.45) is 0.437. The molecule has 2 amide bonds. The Hall–Kier alpha value is -1.59. The van der Waals surface area contributed by atoms with E-state index in [1.54, 1.807) is 4.90 Å². The van der Waals surface area contributed by atoms with Gasteiger partial charge in [-0.15, -0.1) is 0 Å². The number of hydrogen-bond donors (Lipinski definition) is 2. The van der Waals surface area contributed by atoms with Gasteiger partial charge in [0.15, 0.2) is 0 Å². The van der Waals surface area contributed by atoms with Gasteiger partial charge in [0.2, 0.25) is 0 Å². The number of urea groups is 1. The number of rotatable bonds is 6. The van der Waals surface area contributed by atoms with Gasteiger partial charge in [-0.05, 0) is 36.6 Å². The number of carbonyl (C=O) groups is 1. The average Bonchev–Trinajstić information content (AvgIpc) is 2.60. The molecule has 1 aromatic rings. The summed E-state index contributed by atoms with van der Waals surface area (Å²) in [5.74, 6) is 0.267. The molecule has 0 bridgehead atoms. The van der Waals surface area contributed by atoms with Crippen molar-refractivity contribution in [3.63, 3.8) is 0 Å².